The number of amides is 2. The van der Waals surface area contributed by atoms with Crippen molar-refractivity contribution in [2.75, 3.05) is 31.3 Å². The number of fused-ring (bicyclic) bond motifs is 1. The van der Waals surface area contributed by atoms with Crippen molar-refractivity contribution < 1.29 is 19.1 Å². The lowest BCUT2D eigenvalue weighted by Crippen LogP contribution is -2.56. The van der Waals surface area contributed by atoms with Crippen LogP contribution in [-0.2, 0) is 9.59 Å². The van der Waals surface area contributed by atoms with Crippen LogP contribution < -0.4 is 19.7 Å². The molecule has 1 aromatic carbocycles. The predicted molar refractivity (Wildman–Crippen MR) is 145 cm³/mol. The van der Waals surface area contributed by atoms with Crippen LogP contribution in [0.25, 0.3) is 5.95 Å². The predicted octanol–water partition coefficient (Wildman–Crippen LogP) is 3.38. The topological polar surface area (TPSA) is 115 Å². The van der Waals surface area contributed by atoms with Crippen molar-refractivity contribution in [1.29, 1.82) is 0 Å². The van der Waals surface area contributed by atoms with E-state index in [0.717, 1.165) is 5.56 Å². The Morgan fingerprint density at radius 3 is 2.72 bits per heavy atom. The summed E-state index contributed by atoms with van der Waals surface area (Å²) < 4.78 is 12.5. The lowest BCUT2D eigenvalue weighted by atomic mass is 10.0. The lowest BCUT2D eigenvalue weighted by molar-refractivity contribution is -0.133. The number of nitrogens with one attached hydrogen (secondary N) is 1. The van der Waals surface area contributed by atoms with Gasteiger partial charge in [0.1, 0.15) is 17.3 Å². The third-order valence-electron chi connectivity index (χ3n) is 6.81. The first-order chi connectivity index (χ1) is 18.8. The third-order valence-corrected chi connectivity index (χ3v) is 7.01. The van der Waals surface area contributed by atoms with E-state index in [4.69, 9.17) is 26.1 Å². The van der Waals surface area contributed by atoms with Gasteiger partial charge in [-0.25, -0.2) is 9.97 Å². The maximum atomic E-state index is 13.3. The van der Waals surface area contributed by atoms with Gasteiger partial charge in [-0.2, -0.15) is 4.98 Å². The van der Waals surface area contributed by atoms with Crippen LogP contribution in [0, 0.1) is 5.92 Å². The van der Waals surface area contributed by atoms with E-state index in [1.807, 2.05) is 48.8 Å². The van der Waals surface area contributed by atoms with Gasteiger partial charge in [-0.1, -0.05) is 31.5 Å². The van der Waals surface area contributed by atoms with Crippen LogP contribution in [0.2, 0.25) is 5.15 Å². The quantitative estimate of drug-likeness (QED) is 0.422. The molecule has 2 aromatic heterocycles. The Hall–Kier alpha value is -3.86. The van der Waals surface area contributed by atoms with Crippen LogP contribution in [0.4, 0.5) is 5.82 Å². The molecule has 0 bridgehead atoms. The summed E-state index contributed by atoms with van der Waals surface area (Å²) in [7, 11) is 0. The molecule has 0 aliphatic carbocycles. The second-order valence-electron chi connectivity index (χ2n) is 10.2. The first-order valence-corrected chi connectivity index (χ1v) is 13.4. The maximum absolute atomic E-state index is 13.3. The Labute approximate surface area is 232 Å². The summed E-state index contributed by atoms with van der Waals surface area (Å²) in [5.74, 6) is 2.54. The number of rotatable bonds is 8. The van der Waals surface area contributed by atoms with Gasteiger partial charge >= 0.3 is 0 Å². The van der Waals surface area contributed by atoms with E-state index in [1.54, 1.807) is 29.4 Å². The smallest absolute Gasteiger partial charge is 0.238 e. The van der Waals surface area contributed by atoms with Gasteiger partial charge in [0.2, 0.25) is 24.6 Å². The number of anilines is 1. The average molecular weight is 554 g/mol. The monoisotopic (exact) mass is 553 g/mol. The first kappa shape index (κ1) is 26.7. The summed E-state index contributed by atoms with van der Waals surface area (Å²) in [6.07, 6.45) is 5.60. The summed E-state index contributed by atoms with van der Waals surface area (Å²) in [5.41, 5.74) is 0.911. The molecule has 206 valence electrons. The molecule has 2 aliphatic rings. The van der Waals surface area contributed by atoms with E-state index >= 15 is 0 Å². The number of imidazole rings is 1. The molecular weight excluding hydrogens is 522 g/mol. The van der Waals surface area contributed by atoms with Crippen molar-refractivity contribution >= 4 is 29.2 Å². The first-order valence-electron chi connectivity index (χ1n) is 13.0. The van der Waals surface area contributed by atoms with Crippen LogP contribution in [0.1, 0.15) is 45.2 Å². The van der Waals surface area contributed by atoms with E-state index in [1.165, 1.54) is 0 Å². The van der Waals surface area contributed by atoms with Crippen LogP contribution in [0.5, 0.6) is 11.5 Å². The summed E-state index contributed by atoms with van der Waals surface area (Å²) in [5, 5.41) is 3.37. The van der Waals surface area contributed by atoms with Crippen molar-refractivity contribution in [1.82, 2.24) is 29.7 Å². The van der Waals surface area contributed by atoms with Gasteiger partial charge < -0.3 is 24.6 Å². The second-order valence-corrected chi connectivity index (χ2v) is 10.6. The molecular formula is C27H32ClN7O4. The minimum atomic E-state index is -0.305. The van der Waals surface area contributed by atoms with Crippen LogP contribution >= 0.6 is 11.6 Å². The van der Waals surface area contributed by atoms with Gasteiger partial charge in [0, 0.05) is 50.9 Å². The molecule has 0 saturated carbocycles. The normalized spacial score (nSPS) is 17.4. The zero-order chi connectivity index (χ0) is 27.5. The molecule has 0 radical (unpaired) electrons. The number of piperazine rings is 1. The van der Waals surface area contributed by atoms with Gasteiger partial charge in [-0.15, -0.1) is 0 Å². The zero-order valence-corrected chi connectivity index (χ0v) is 23.0. The van der Waals surface area contributed by atoms with Gasteiger partial charge in [0.25, 0.3) is 0 Å². The molecule has 3 aromatic rings. The van der Waals surface area contributed by atoms with E-state index in [2.05, 4.69) is 15.3 Å². The molecule has 1 saturated heterocycles. The van der Waals surface area contributed by atoms with Crippen LogP contribution in [0.3, 0.4) is 0 Å². The Morgan fingerprint density at radius 2 is 1.95 bits per heavy atom. The van der Waals surface area contributed by atoms with Crippen LogP contribution in [0.15, 0.2) is 43.0 Å². The number of carbonyl (C=O) groups excluding carboxylic acids is 2. The standard InChI is InChI=1S/C27H32ClN7O4/c1-17(2)10-26(37)33-8-9-35(24-13-23(28)31-27(32-24)34-7-6-29-15-34)20(14-33)12-25(36)30-18(3)19-4-5-21-22(11-19)39-16-38-21/h4-7,11,13,15,17-18,20H,8-10,12,14,16H2,1-3H3,(H,30,36). The highest BCUT2D eigenvalue weighted by Gasteiger charge is 2.33. The Kier molecular flexibility index (Phi) is 7.87. The number of aromatic nitrogens is 4. The van der Waals surface area contributed by atoms with E-state index in [9.17, 15) is 9.59 Å². The fraction of sp³-hybridized carbons (Fsp3) is 0.444. The van der Waals surface area contributed by atoms with Crippen molar-refractivity contribution in [2.24, 2.45) is 5.92 Å². The summed E-state index contributed by atoms with van der Waals surface area (Å²) in [4.78, 5) is 43.2. The largest absolute Gasteiger partial charge is 0.454 e. The molecule has 2 amide bonds. The molecule has 2 atom stereocenters. The fourth-order valence-electron chi connectivity index (χ4n) is 4.85. The molecule has 4 heterocycles. The Bertz CT molecular complexity index is 1330. The Balaban J connectivity index is 1.35. The highest BCUT2D eigenvalue weighted by Crippen LogP contribution is 2.34. The fourth-order valence-corrected chi connectivity index (χ4v) is 5.02. The van der Waals surface area contributed by atoms with E-state index in [-0.39, 0.29) is 48.2 Å². The number of hydrogen-bond donors (Lipinski definition) is 1. The van der Waals surface area contributed by atoms with Crippen LogP contribution in [-0.4, -0.2) is 68.7 Å². The molecule has 1 N–H and O–H groups in total. The molecule has 2 unspecified atom stereocenters. The van der Waals surface area contributed by atoms with Gasteiger partial charge in [0.05, 0.1) is 12.1 Å². The van der Waals surface area contributed by atoms with E-state index < -0.39 is 0 Å². The minimum Gasteiger partial charge on any atom is -0.454 e. The summed E-state index contributed by atoms with van der Waals surface area (Å²) in [6, 6.07) is 6.78. The number of halogens is 1. The number of hydrogen-bond acceptors (Lipinski definition) is 8. The van der Waals surface area contributed by atoms with Crippen molar-refractivity contribution in [2.45, 2.75) is 45.7 Å². The molecule has 1 fully saturated rings. The second kappa shape index (κ2) is 11.5. The minimum absolute atomic E-state index is 0.0867. The zero-order valence-electron chi connectivity index (χ0n) is 22.2. The Morgan fingerprint density at radius 1 is 1.13 bits per heavy atom. The van der Waals surface area contributed by atoms with Gasteiger partial charge in [-0.05, 0) is 30.5 Å². The van der Waals surface area contributed by atoms with Gasteiger partial charge in [-0.3, -0.25) is 14.2 Å². The number of carbonyl (C=O) groups is 2. The molecule has 0 spiro atoms. The van der Waals surface area contributed by atoms with Crippen molar-refractivity contribution in [3.05, 3.63) is 53.7 Å². The van der Waals surface area contributed by atoms with Crippen molar-refractivity contribution in [3.63, 3.8) is 0 Å². The molecule has 2 aliphatic heterocycles. The van der Waals surface area contributed by atoms with Crippen molar-refractivity contribution in [3.8, 4) is 17.4 Å². The SMILES string of the molecule is CC(C)CC(=O)N1CCN(c2cc(Cl)nc(-n3ccnc3)n2)C(CC(=O)NC(C)c2ccc3c(c2)OCO3)C1. The highest BCUT2D eigenvalue weighted by atomic mass is 35.5. The number of ether oxygens (including phenoxy) is 2. The third kappa shape index (κ3) is 6.25. The molecule has 5 rings (SSSR count). The van der Waals surface area contributed by atoms with E-state index in [0.29, 0.717) is 49.3 Å². The highest BCUT2D eigenvalue weighted by molar-refractivity contribution is 6.29. The molecule has 11 nitrogen and oxygen atoms in total. The molecule has 12 heteroatoms. The number of benzene rings is 1. The summed E-state index contributed by atoms with van der Waals surface area (Å²) >= 11 is 6.38. The summed E-state index contributed by atoms with van der Waals surface area (Å²) in [6.45, 7) is 7.61. The molecule has 39 heavy (non-hydrogen) atoms. The number of nitrogens with zero attached hydrogens (tertiary/aromatic N) is 6. The average Bonchev–Trinajstić information content (AvgIpc) is 3.60. The lowest BCUT2D eigenvalue weighted by Gasteiger charge is -2.42. The van der Waals surface area contributed by atoms with Gasteiger partial charge in [0.15, 0.2) is 11.5 Å². The maximum Gasteiger partial charge on any atom is 0.238 e.